The van der Waals surface area contributed by atoms with Crippen molar-refractivity contribution in [2.75, 3.05) is 14.1 Å². The predicted molar refractivity (Wildman–Crippen MR) is 135 cm³/mol. The van der Waals surface area contributed by atoms with Crippen LogP contribution in [0.5, 0.6) is 0 Å². The number of fused-ring (bicyclic) bond motifs is 5. The lowest BCUT2D eigenvalue weighted by molar-refractivity contribution is -0.0475. The molecule has 3 heteroatoms. The number of hydrogen-bond acceptors (Lipinski definition) is 3. The molecule has 1 aromatic carbocycles. The maximum absolute atomic E-state index is 12.3. The lowest BCUT2D eigenvalue weighted by Crippen LogP contribution is -2.49. The topological polar surface area (TPSA) is 36.4 Å². The second-order valence-corrected chi connectivity index (χ2v) is 11.8. The van der Waals surface area contributed by atoms with E-state index in [2.05, 4.69) is 67.3 Å². The Morgan fingerprint density at radius 3 is 2.79 bits per heavy atom. The Labute approximate surface area is 198 Å². The van der Waals surface area contributed by atoms with Gasteiger partial charge in [-0.05, 0) is 117 Å². The molecule has 2 aromatic rings. The number of aromatic nitrogens is 1. The summed E-state index contributed by atoms with van der Waals surface area (Å²) in [6, 6.07) is 9.71. The fourth-order valence-corrected chi connectivity index (χ4v) is 8.07. The molecule has 0 radical (unpaired) electrons. The van der Waals surface area contributed by atoms with E-state index in [9.17, 15) is 5.11 Å². The molecule has 2 saturated carbocycles. The number of allylic oxidation sites excluding steroid dienone is 2. The van der Waals surface area contributed by atoms with Crippen molar-refractivity contribution in [1.82, 2.24) is 9.88 Å². The third-order valence-corrected chi connectivity index (χ3v) is 10.0. The first kappa shape index (κ1) is 21.6. The summed E-state index contributed by atoms with van der Waals surface area (Å²) in [6.45, 7) is 2.46. The second-order valence-electron chi connectivity index (χ2n) is 11.8. The van der Waals surface area contributed by atoms with E-state index in [0.717, 1.165) is 25.7 Å². The standard InChI is InChI=1S/C30H38N2O/c1-29-13-11-25-17-21-6-7-26(32(2)3)18-22(21)10-14-30(25,33)28(29)9-8-27(29)23-5-4-20-12-15-31-19-24(20)16-23/h4-5,11-12,15-17,19,22,26-28,33H,6-10,13-14,18H2,1-3H3/t22?,26?,27?,28?,29?,30-/m1/s1. The van der Waals surface area contributed by atoms with Gasteiger partial charge in [0.05, 0.1) is 5.60 Å². The number of hydrogen-bond donors (Lipinski definition) is 1. The molecular formula is C30H38N2O. The molecule has 1 N–H and O–H groups in total. The van der Waals surface area contributed by atoms with Gasteiger partial charge in [0, 0.05) is 23.8 Å². The third-order valence-electron chi connectivity index (χ3n) is 10.0. The first-order valence-electron chi connectivity index (χ1n) is 13.0. The van der Waals surface area contributed by atoms with E-state index in [0.29, 0.717) is 23.8 Å². The molecule has 0 saturated heterocycles. The maximum Gasteiger partial charge on any atom is 0.0927 e. The van der Waals surface area contributed by atoms with Crippen LogP contribution in [0.25, 0.3) is 10.8 Å². The zero-order valence-corrected chi connectivity index (χ0v) is 20.4. The first-order valence-corrected chi connectivity index (χ1v) is 13.0. The minimum atomic E-state index is -0.669. The molecule has 0 aliphatic heterocycles. The van der Waals surface area contributed by atoms with Gasteiger partial charge >= 0.3 is 0 Å². The Kier molecular flexibility index (Phi) is 5.08. The highest BCUT2D eigenvalue weighted by Crippen LogP contribution is 2.64. The number of nitrogens with zero attached hydrogens (tertiary/aromatic N) is 2. The third kappa shape index (κ3) is 3.34. The van der Waals surface area contributed by atoms with Crippen molar-refractivity contribution in [2.45, 2.75) is 75.9 Å². The average Bonchev–Trinajstić information content (AvgIpc) is 3.10. The quantitative estimate of drug-likeness (QED) is 0.597. The molecule has 4 aliphatic carbocycles. The molecule has 0 bridgehead atoms. The minimum Gasteiger partial charge on any atom is -0.385 e. The molecule has 174 valence electrons. The lowest BCUT2D eigenvalue weighted by Gasteiger charge is -2.49. The average molecular weight is 443 g/mol. The molecule has 2 fully saturated rings. The number of pyridine rings is 1. The van der Waals surface area contributed by atoms with Gasteiger partial charge in [-0.25, -0.2) is 0 Å². The van der Waals surface area contributed by atoms with Gasteiger partial charge in [0.1, 0.15) is 0 Å². The van der Waals surface area contributed by atoms with Gasteiger partial charge in [0.15, 0.2) is 0 Å². The molecule has 3 nitrogen and oxygen atoms in total. The monoisotopic (exact) mass is 442 g/mol. The van der Waals surface area contributed by atoms with Crippen molar-refractivity contribution in [3.63, 3.8) is 0 Å². The highest BCUT2D eigenvalue weighted by molar-refractivity contribution is 5.82. The summed E-state index contributed by atoms with van der Waals surface area (Å²) in [7, 11) is 4.44. The van der Waals surface area contributed by atoms with Crippen molar-refractivity contribution in [3.8, 4) is 0 Å². The van der Waals surface area contributed by atoms with Crippen molar-refractivity contribution in [3.05, 3.63) is 65.5 Å². The molecular weight excluding hydrogens is 404 g/mol. The zero-order valence-electron chi connectivity index (χ0n) is 20.4. The van der Waals surface area contributed by atoms with E-state index in [-0.39, 0.29) is 5.41 Å². The van der Waals surface area contributed by atoms with Crippen LogP contribution in [-0.2, 0) is 0 Å². The minimum absolute atomic E-state index is 0.105. The normalized spacial score (nSPS) is 38.2. The van der Waals surface area contributed by atoms with Gasteiger partial charge < -0.3 is 10.0 Å². The molecule has 33 heavy (non-hydrogen) atoms. The van der Waals surface area contributed by atoms with Crippen molar-refractivity contribution in [1.29, 1.82) is 0 Å². The largest absolute Gasteiger partial charge is 0.385 e. The van der Waals surface area contributed by atoms with Crippen molar-refractivity contribution < 1.29 is 5.11 Å². The molecule has 4 aliphatic rings. The smallest absolute Gasteiger partial charge is 0.0927 e. The number of aliphatic hydroxyl groups is 1. The van der Waals surface area contributed by atoms with Gasteiger partial charge in [-0.2, -0.15) is 0 Å². The van der Waals surface area contributed by atoms with Crippen LogP contribution < -0.4 is 0 Å². The highest BCUT2D eigenvalue weighted by Gasteiger charge is 2.58. The molecule has 1 heterocycles. The van der Waals surface area contributed by atoms with E-state index in [4.69, 9.17) is 0 Å². The Morgan fingerprint density at radius 2 is 1.94 bits per heavy atom. The van der Waals surface area contributed by atoms with Gasteiger partial charge in [-0.15, -0.1) is 0 Å². The summed E-state index contributed by atoms with van der Waals surface area (Å²) in [4.78, 5) is 6.75. The zero-order chi connectivity index (χ0) is 22.8. The number of benzene rings is 1. The molecule has 6 rings (SSSR count). The van der Waals surface area contributed by atoms with Crippen LogP contribution in [0, 0.1) is 17.3 Å². The Morgan fingerprint density at radius 1 is 1.06 bits per heavy atom. The fraction of sp³-hybridized carbons (Fsp3) is 0.567. The summed E-state index contributed by atoms with van der Waals surface area (Å²) in [5.74, 6) is 1.46. The van der Waals surface area contributed by atoms with Crippen molar-refractivity contribution in [2.24, 2.45) is 17.3 Å². The summed E-state index contributed by atoms with van der Waals surface area (Å²) in [6.07, 6.45) is 17.8. The van der Waals surface area contributed by atoms with Crippen LogP contribution in [0.15, 0.2) is 60.0 Å². The summed E-state index contributed by atoms with van der Waals surface area (Å²) >= 11 is 0. The SMILES string of the molecule is CN(C)C1CCC2=CC3=CCC4(C)C(c5ccc6ccncc6c5)CCC4[C@@]3(O)CCC2C1. The summed E-state index contributed by atoms with van der Waals surface area (Å²) < 4.78 is 0. The van der Waals surface area contributed by atoms with E-state index in [1.807, 2.05) is 12.4 Å². The van der Waals surface area contributed by atoms with E-state index >= 15 is 0 Å². The molecule has 5 unspecified atom stereocenters. The molecule has 6 atom stereocenters. The predicted octanol–water partition coefficient (Wildman–Crippen LogP) is 6.25. The molecule has 1 aromatic heterocycles. The van der Waals surface area contributed by atoms with Crippen LogP contribution in [-0.4, -0.2) is 40.7 Å². The van der Waals surface area contributed by atoms with Crippen molar-refractivity contribution >= 4 is 10.8 Å². The Bertz CT molecular complexity index is 1130. The maximum atomic E-state index is 12.3. The molecule has 0 amide bonds. The van der Waals surface area contributed by atoms with Crippen LogP contribution in [0.3, 0.4) is 0 Å². The van der Waals surface area contributed by atoms with Gasteiger partial charge in [-0.1, -0.05) is 36.8 Å². The van der Waals surface area contributed by atoms with Crippen LogP contribution in [0.1, 0.15) is 69.8 Å². The Hall–Kier alpha value is -1.97. The van der Waals surface area contributed by atoms with Crippen LogP contribution in [0.4, 0.5) is 0 Å². The van der Waals surface area contributed by atoms with Crippen LogP contribution in [0.2, 0.25) is 0 Å². The molecule has 0 spiro atoms. The first-order chi connectivity index (χ1) is 15.9. The lowest BCUT2D eigenvalue weighted by atomic mass is 9.58. The summed E-state index contributed by atoms with van der Waals surface area (Å²) in [5.41, 5.74) is 3.71. The number of rotatable bonds is 2. The van der Waals surface area contributed by atoms with Crippen LogP contribution >= 0.6 is 0 Å². The second kappa shape index (κ2) is 7.78. The van der Waals surface area contributed by atoms with E-state index in [1.54, 1.807) is 5.57 Å². The highest BCUT2D eigenvalue weighted by atomic mass is 16.3. The fourth-order valence-electron chi connectivity index (χ4n) is 8.07. The van der Waals surface area contributed by atoms with Gasteiger partial charge in [0.2, 0.25) is 0 Å². The van der Waals surface area contributed by atoms with E-state index < -0.39 is 5.60 Å². The van der Waals surface area contributed by atoms with Gasteiger partial charge in [-0.3, -0.25) is 4.98 Å². The van der Waals surface area contributed by atoms with E-state index in [1.165, 1.54) is 47.6 Å². The van der Waals surface area contributed by atoms with Gasteiger partial charge in [0.25, 0.3) is 0 Å². The summed E-state index contributed by atoms with van der Waals surface area (Å²) in [5, 5.41) is 14.8. The Balaban J connectivity index is 1.32.